The Bertz CT molecular complexity index is 157. The first-order valence-electron chi connectivity index (χ1n) is 5.83. The van der Waals surface area contributed by atoms with Crippen molar-refractivity contribution in [3.63, 3.8) is 0 Å². The van der Waals surface area contributed by atoms with E-state index in [1.165, 1.54) is 32.1 Å². The van der Waals surface area contributed by atoms with E-state index in [1.807, 2.05) is 6.08 Å². The van der Waals surface area contributed by atoms with Crippen LogP contribution in [-0.2, 0) is 0 Å². The summed E-state index contributed by atoms with van der Waals surface area (Å²) in [6.07, 6.45) is 11.0. The third kappa shape index (κ3) is 9.57. The molecule has 1 unspecified atom stereocenters. The maximum absolute atomic E-state index is 9.48. The molecule has 0 aromatic carbocycles. The number of hydrogen-bond acceptors (Lipinski definition) is 1. The Morgan fingerprint density at radius 2 is 1.86 bits per heavy atom. The number of rotatable bonds is 9. The molecule has 82 valence electrons. The van der Waals surface area contributed by atoms with Gasteiger partial charge in [-0.05, 0) is 18.9 Å². The van der Waals surface area contributed by atoms with Crippen molar-refractivity contribution >= 4 is 0 Å². The molecule has 0 saturated heterocycles. The van der Waals surface area contributed by atoms with Crippen molar-refractivity contribution in [1.82, 2.24) is 0 Å². The van der Waals surface area contributed by atoms with Crippen molar-refractivity contribution in [2.75, 3.05) is 0 Å². The normalized spacial score (nSPS) is 12.1. The molecule has 0 saturated carbocycles. The molecule has 0 heterocycles. The van der Waals surface area contributed by atoms with Gasteiger partial charge in [-0.2, -0.15) is 0 Å². The van der Waals surface area contributed by atoms with E-state index >= 15 is 0 Å². The molecule has 0 amide bonds. The van der Waals surface area contributed by atoms with Gasteiger partial charge in [-0.1, -0.05) is 52.0 Å². The molecule has 0 rings (SSSR count). The Morgan fingerprint density at radius 3 is 2.50 bits per heavy atom. The van der Waals surface area contributed by atoms with Gasteiger partial charge in [0, 0.05) is 0 Å². The fraction of sp³-hybridized carbons (Fsp3) is 0.769. The second-order valence-electron chi connectivity index (χ2n) is 3.85. The molecule has 0 bridgehead atoms. The van der Waals surface area contributed by atoms with Crippen LogP contribution in [0, 0.1) is 0 Å². The van der Waals surface area contributed by atoms with Crippen LogP contribution in [0.25, 0.3) is 0 Å². The van der Waals surface area contributed by atoms with Crippen LogP contribution in [0.1, 0.15) is 58.3 Å². The minimum atomic E-state index is -0.185. The van der Waals surface area contributed by atoms with Gasteiger partial charge in [0.1, 0.15) is 0 Å². The molecule has 0 aromatic heterocycles. The minimum absolute atomic E-state index is 0.185. The first-order chi connectivity index (χ1) is 6.81. The van der Waals surface area contributed by atoms with Gasteiger partial charge in [-0.25, -0.2) is 0 Å². The first-order valence-corrected chi connectivity index (χ1v) is 5.83. The third-order valence-corrected chi connectivity index (χ3v) is 2.43. The van der Waals surface area contributed by atoms with Crippen molar-refractivity contribution in [3.8, 4) is 0 Å². The molecule has 0 fully saturated rings. The quantitative estimate of drug-likeness (QED) is 0.439. The van der Waals surface area contributed by atoms with E-state index in [0.29, 0.717) is 6.42 Å². The predicted molar refractivity (Wildman–Crippen MR) is 62.3 cm³/mol. The van der Waals surface area contributed by atoms with Gasteiger partial charge in [0.15, 0.2) is 0 Å². The lowest BCUT2D eigenvalue weighted by atomic mass is 10.1. The van der Waals surface area contributed by atoms with Crippen molar-refractivity contribution in [2.24, 2.45) is 0 Å². The first kappa shape index (κ1) is 13.5. The van der Waals surface area contributed by atoms with E-state index in [4.69, 9.17) is 0 Å². The van der Waals surface area contributed by atoms with Gasteiger partial charge in [0.05, 0.1) is 6.10 Å². The van der Waals surface area contributed by atoms with Gasteiger partial charge < -0.3 is 5.11 Å². The molecular weight excluding hydrogens is 172 g/mol. The zero-order valence-corrected chi connectivity index (χ0v) is 9.47. The highest BCUT2D eigenvalue weighted by molar-refractivity contribution is 4.78. The van der Waals surface area contributed by atoms with Crippen LogP contribution in [0.5, 0.6) is 0 Å². The van der Waals surface area contributed by atoms with Gasteiger partial charge in [-0.15, -0.1) is 5.73 Å². The van der Waals surface area contributed by atoms with E-state index < -0.39 is 0 Å². The van der Waals surface area contributed by atoms with Crippen molar-refractivity contribution in [1.29, 1.82) is 0 Å². The van der Waals surface area contributed by atoms with Crippen LogP contribution in [-0.4, -0.2) is 11.2 Å². The topological polar surface area (TPSA) is 20.2 Å². The number of unbranched alkanes of at least 4 members (excludes halogenated alkanes) is 5. The number of hydrogen-bond donors (Lipinski definition) is 1. The average Bonchev–Trinajstić information content (AvgIpc) is 2.20. The predicted octanol–water partition coefficient (Wildman–Crippen LogP) is 3.83. The van der Waals surface area contributed by atoms with E-state index in [2.05, 4.69) is 19.2 Å². The fourth-order valence-electron chi connectivity index (χ4n) is 1.50. The Labute approximate surface area is 88.5 Å². The van der Waals surface area contributed by atoms with Gasteiger partial charge in [-0.3, -0.25) is 0 Å². The molecule has 14 heavy (non-hydrogen) atoms. The van der Waals surface area contributed by atoms with E-state index in [-0.39, 0.29) is 6.10 Å². The highest BCUT2D eigenvalue weighted by Crippen LogP contribution is 2.10. The summed E-state index contributed by atoms with van der Waals surface area (Å²) in [5.41, 5.74) is 2.68. The maximum atomic E-state index is 9.48. The second kappa shape index (κ2) is 10.6. The monoisotopic (exact) mass is 196 g/mol. The number of aliphatic hydroxyl groups is 1. The molecule has 0 aliphatic carbocycles. The summed E-state index contributed by atoms with van der Waals surface area (Å²) in [5, 5.41) is 9.48. The van der Waals surface area contributed by atoms with Gasteiger partial charge in [0.25, 0.3) is 0 Å². The Morgan fingerprint density at radius 1 is 1.21 bits per heavy atom. The van der Waals surface area contributed by atoms with Crippen molar-refractivity contribution in [3.05, 3.63) is 18.4 Å². The fourth-order valence-corrected chi connectivity index (χ4v) is 1.50. The summed E-state index contributed by atoms with van der Waals surface area (Å²) in [7, 11) is 0. The van der Waals surface area contributed by atoms with E-state index in [1.54, 1.807) is 0 Å². The summed E-state index contributed by atoms with van der Waals surface area (Å²) >= 11 is 0. The molecule has 1 heteroatoms. The SMILES string of the molecule is C=C=CCC(O)CCCCCCCC. The zero-order valence-electron chi connectivity index (χ0n) is 9.47. The zero-order chi connectivity index (χ0) is 10.6. The van der Waals surface area contributed by atoms with Crippen LogP contribution in [0.15, 0.2) is 18.4 Å². The Balaban J connectivity index is 3.14. The molecule has 1 N–H and O–H groups in total. The second-order valence-corrected chi connectivity index (χ2v) is 3.85. The Kier molecular flexibility index (Phi) is 10.2. The molecule has 0 spiro atoms. The standard InChI is InChI=1S/C13H24O/c1-3-5-7-8-9-10-12-13(14)11-6-4-2/h6,13-14H,2-3,5,7-12H2,1H3. The summed E-state index contributed by atoms with van der Waals surface area (Å²) in [6.45, 7) is 5.70. The summed E-state index contributed by atoms with van der Waals surface area (Å²) in [4.78, 5) is 0. The summed E-state index contributed by atoms with van der Waals surface area (Å²) in [6, 6.07) is 0. The molecule has 0 radical (unpaired) electrons. The van der Waals surface area contributed by atoms with Crippen molar-refractivity contribution < 1.29 is 5.11 Å². The molecule has 0 aliphatic heterocycles. The van der Waals surface area contributed by atoms with Crippen molar-refractivity contribution in [2.45, 2.75) is 64.4 Å². The highest BCUT2D eigenvalue weighted by Gasteiger charge is 2.00. The lowest BCUT2D eigenvalue weighted by molar-refractivity contribution is 0.164. The van der Waals surface area contributed by atoms with Crippen LogP contribution in [0.3, 0.4) is 0 Å². The Hall–Kier alpha value is -0.520. The van der Waals surface area contributed by atoms with Gasteiger partial charge in [0.2, 0.25) is 0 Å². The summed E-state index contributed by atoms with van der Waals surface area (Å²) in [5.74, 6) is 0. The van der Waals surface area contributed by atoms with Gasteiger partial charge >= 0.3 is 0 Å². The lowest BCUT2D eigenvalue weighted by Gasteiger charge is -2.06. The average molecular weight is 196 g/mol. The van der Waals surface area contributed by atoms with E-state index in [0.717, 1.165) is 12.8 Å². The molecule has 0 aromatic rings. The lowest BCUT2D eigenvalue weighted by Crippen LogP contribution is -2.03. The minimum Gasteiger partial charge on any atom is -0.393 e. The highest BCUT2D eigenvalue weighted by atomic mass is 16.3. The van der Waals surface area contributed by atoms with Crippen LogP contribution >= 0.6 is 0 Å². The third-order valence-electron chi connectivity index (χ3n) is 2.43. The smallest absolute Gasteiger partial charge is 0.0580 e. The van der Waals surface area contributed by atoms with Crippen LogP contribution < -0.4 is 0 Å². The van der Waals surface area contributed by atoms with E-state index in [9.17, 15) is 5.11 Å². The molecule has 0 aliphatic rings. The van der Waals surface area contributed by atoms with Crippen LogP contribution in [0.2, 0.25) is 0 Å². The number of aliphatic hydroxyl groups excluding tert-OH is 1. The molecular formula is C13H24O. The largest absolute Gasteiger partial charge is 0.393 e. The molecule has 1 atom stereocenters. The maximum Gasteiger partial charge on any atom is 0.0580 e. The van der Waals surface area contributed by atoms with Crippen LogP contribution in [0.4, 0.5) is 0 Å². The molecule has 1 nitrogen and oxygen atoms in total. The summed E-state index contributed by atoms with van der Waals surface area (Å²) < 4.78 is 0.